The third-order valence-electron chi connectivity index (χ3n) is 11.4. The lowest BCUT2D eigenvalue weighted by Crippen LogP contribution is -2.55. The van der Waals surface area contributed by atoms with E-state index in [0.29, 0.717) is 11.8 Å². The molecule has 4 fully saturated rings. The minimum atomic E-state index is -0.0451. The summed E-state index contributed by atoms with van der Waals surface area (Å²) in [6, 6.07) is 9.99. The molecule has 8 rings (SSSR count). The van der Waals surface area contributed by atoms with Gasteiger partial charge in [-0.25, -0.2) is 0 Å². The molecule has 1 aromatic heterocycles. The second kappa shape index (κ2) is 7.29. The number of likely N-dealkylation sites (tertiary alicyclic amines) is 1. The van der Waals surface area contributed by atoms with E-state index in [1.807, 2.05) is 12.4 Å². The van der Waals surface area contributed by atoms with Gasteiger partial charge in [0.25, 0.3) is 0 Å². The molecular formula is C32H38N2O. The van der Waals surface area contributed by atoms with Crippen molar-refractivity contribution < 1.29 is 4.74 Å². The third kappa shape index (κ3) is 2.83. The summed E-state index contributed by atoms with van der Waals surface area (Å²) in [6.07, 6.45) is 22.0. The molecule has 0 N–H and O–H groups in total. The lowest BCUT2D eigenvalue weighted by atomic mass is 9.58. The predicted molar refractivity (Wildman–Crippen MR) is 140 cm³/mol. The van der Waals surface area contributed by atoms with Crippen molar-refractivity contribution in [3.63, 3.8) is 0 Å². The summed E-state index contributed by atoms with van der Waals surface area (Å²) in [5, 5.41) is 2.57. The van der Waals surface area contributed by atoms with Crippen LogP contribution in [-0.2, 0) is 4.74 Å². The van der Waals surface area contributed by atoms with Crippen molar-refractivity contribution in [1.82, 2.24) is 9.88 Å². The first kappa shape index (κ1) is 21.1. The van der Waals surface area contributed by atoms with Crippen molar-refractivity contribution in [2.24, 2.45) is 11.3 Å². The Bertz CT molecular complexity index is 1260. The molecule has 3 nitrogen and oxygen atoms in total. The quantitative estimate of drug-likeness (QED) is 0.479. The van der Waals surface area contributed by atoms with Gasteiger partial charge in [0.1, 0.15) is 0 Å². The number of hydrogen-bond acceptors (Lipinski definition) is 3. The van der Waals surface area contributed by atoms with Crippen molar-refractivity contribution in [2.45, 2.75) is 94.3 Å². The maximum atomic E-state index is 7.53. The molecule has 182 valence electrons. The molecule has 35 heavy (non-hydrogen) atoms. The van der Waals surface area contributed by atoms with Gasteiger partial charge in [-0.3, -0.25) is 4.98 Å². The van der Waals surface area contributed by atoms with Crippen LogP contribution in [0.3, 0.4) is 0 Å². The number of ether oxygens (including phenoxy) is 1. The van der Waals surface area contributed by atoms with Crippen LogP contribution in [0, 0.1) is 11.3 Å². The zero-order chi connectivity index (χ0) is 23.3. The number of nitrogens with zero attached hydrogens (tertiary/aromatic N) is 2. The summed E-state index contributed by atoms with van der Waals surface area (Å²) in [6.45, 7) is 5.20. The van der Waals surface area contributed by atoms with E-state index in [2.05, 4.69) is 53.2 Å². The van der Waals surface area contributed by atoms with Gasteiger partial charge < -0.3 is 9.64 Å². The molecule has 2 saturated carbocycles. The van der Waals surface area contributed by atoms with Crippen molar-refractivity contribution in [3.05, 3.63) is 65.5 Å². The topological polar surface area (TPSA) is 25.4 Å². The average Bonchev–Trinajstić information content (AvgIpc) is 3.60. The number of pyridine rings is 1. The number of allylic oxidation sites excluding steroid dienone is 1. The molecule has 6 aliphatic rings. The van der Waals surface area contributed by atoms with Gasteiger partial charge in [-0.2, -0.15) is 0 Å². The molecule has 1 aromatic carbocycles. The lowest BCUT2D eigenvalue weighted by molar-refractivity contribution is -0.140. The van der Waals surface area contributed by atoms with Crippen LogP contribution in [0.25, 0.3) is 10.8 Å². The Morgan fingerprint density at radius 3 is 2.86 bits per heavy atom. The lowest BCUT2D eigenvalue weighted by Gasteiger charge is -2.55. The van der Waals surface area contributed by atoms with E-state index in [-0.39, 0.29) is 16.6 Å². The van der Waals surface area contributed by atoms with Crippen LogP contribution in [-0.4, -0.2) is 40.2 Å². The van der Waals surface area contributed by atoms with Crippen molar-refractivity contribution in [2.75, 3.05) is 13.1 Å². The highest BCUT2D eigenvalue weighted by atomic mass is 16.5. The smallest absolute Gasteiger partial charge is 0.0974 e. The molecule has 1 unspecified atom stereocenters. The molecular weight excluding hydrogens is 428 g/mol. The SMILES string of the molecule is C[C@]12CC=C3C=C4CC[C@@H](N5CCCC5)CC45CC[C@]3(O5)[C@@H]1CC[C@@H]2c1ccc2ccncc2c1. The molecule has 6 atom stereocenters. The van der Waals surface area contributed by atoms with Gasteiger partial charge in [-0.05, 0) is 129 Å². The summed E-state index contributed by atoms with van der Waals surface area (Å²) in [5.74, 6) is 1.22. The van der Waals surface area contributed by atoms with E-state index in [1.165, 1.54) is 93.6 Å². The van der Waals surface area contributed by atoms with Gasteiger partial charge in [0.15, 0.2) is 0 Å². The van der Waals surface area contributed by atoms with Gasteiger partial charge in [-0.15, -0.1) is 0 Å². The van der Waals surface area contributed by atoms with Crippen LogP contribution in [0.2, 0.25) is 0 Å². The zero-order valence-electron chi connectivity index (χ0n) is 21.1. The molecule has 2 aromatic rings. The van der Waals surface area contributed by atoms with Gasteiger partial charge in [0.2, 0.25) is 0 Å². The fourth-order valence-corrected chi connectivity index (χ4v) is 9.67. The van der Waals surface area contributed by atoms with Crippen molar-refractivity contribution in [3.8, 4) is 0 Å². The molecule has 3 heteroatoms. The first-order chi connectivity index (χ1) is 17.1. The maximum absolute atomic E-state index is 7.53. The van der Waals surface area contributed by atoms with E-state index in [4.69, 9.17) is 4.74 Å². The van der Waals surface area contributed by atoms with Gasteiger partial charge >= 0.3 is 0 Å². The molecule has 2 bridgehead atoms. The molecule has 4 heterocycles. The second-order valence-electron chi connectivity index (χ2n) is 12.8. The highest BCUT2D eigenvalue weighted by Crippen LogP contribution is 2.69. The Labute approximate surface area is 209 Å². The molecule has 2 saturated heterocycles. The highest BCUT2D eigenvalue weighted by molar-refractivity contribution is 5.82. The standard InChI is InChI=1S/C32H38N2O/c1-30-12-10-26-19-25-6-7-27(34-16-2-3-17-34)20-31(25)13-14-32(26,35-31)29(30)9-8-28(30)23-5-4-22-11-15-33-21-24(22)18-23/h4-5,10-11,15,18-19,21,27-29H,2-3,6-9,12-14,16-17,20H2,1H3/t27-,28-,29-,30-,31?,32-/m1/s1. The van der Waals surface area contributed by atoms with E-state index in [0.717, 1.165) is 6.04 Å². The Morgan fingerprint density at radius 1 is 1.03 bits per heavy atom. The first-order valence-corrected chi connectivity index (χ1v) is 14.3. The summed E-state index contributed by atoms with van der Waals surface area (Å²) in [4.78, 5) is 7.18. The molecule has 2 spiro atoms. The van der Waals surface area contributed by atoms with Gasteiger partial charge in [0.05, 0.1) is 11.2 Å². The first-order valence-electron chi connectivity index (χ1n) is 14.3. The minimum Gasteiger partial charge on any atom is -0.359 e. The average molecular weight is 467 g/mol. The molecule has 0 amide bonds. The highest BCUT2D eigenvalue weighted by Gasteiger charge is 2.66. The number of hydrogen-bond donors (Lipinski definition) is 0. The van der Waals surface area contributed by atoms with Crippen LogP contribution in [0.15, 0.2) is 60.0 Å². The minimum absolute atomic E-state index is 0.0216. The number of benzene rings is 1. The Kier molecular flexibility index (Phi) is 4.41. The van der Waals surface area contributed by atoms with Crippen LogP contribution >= 0.6 is 0 Å². The predicted octanol–water partition coefficient (Wildman–Crippen LogP) is 6.94. The number of fused-ring (bicyclic) bond motifs is 2. The van der Waals surface area contributed by atoms with Crippen molar-refractivity contribution in [1.29, 1.82) is 0 Å². The normalized spacial score (nSPS) is 42.4. The van der Waals surface area contributed by atoms with Crippen LogP contribution in [0.5, 0.6) is 0 Å². The van der Waals surface area contributed by atoms with Crippen LogP contribution in [0.4, 0.5) is 0 Å². The summed E-state index contributed by atoms with van der Waals surface area (Å²) < 4.78 is 7.53. The molecule has 3 aliphatic carbocycles. The summed E-state index contributed by atoms with van der Waals surface area (Å²) in [5.41, 5.74) is 4.93. The van der Waals surface area contributed by atoms with E-state index in [1.54, 1.807) is 11.1 Å². The molecule has 3 aliphatic heterocycles. The van der Waals surface area contributed by atoms with E-state index < -0.39 is 0 Å². The molecule has 0 radical (unpaired) electrons. The zero-order valence-corrected chi connectivity index (χ0v) is 21.1. The Hall–Kier alpha value is -1.97. The second-order valence-corrected chi connectivity index (χ2v) is 12.8. The monoisotopic (exact) mass is 466 g/mol. The number of rotatable bonds is 2. The fraction of sp³-hybridized carbons (Fsp3) is 0.594. The summed E-state index contributed by atoms with van der Waals surface area (Å²) in [7, 11) is 0. The largest absolute Gasteiger partial charge is 0.359 e. The summed E-state index contributed by atoms with van der Waals surface area (Å²) >= 11 is 0. The van der Waals surface area contributed by atoms with Gasteiger partial charge in [-0.1, -0.05) is 31.2 Å². The maximum Gasteiger partial charge on any atom is 0.0974 e. The van der Waals surface area contributed by atoms with Crippen LogP contribution in [0.1, 0.15) is 82.6 Å². The van der Waals surface area contributed by atoms with E-state index in [9.17, 15) is 0 Å². The number of aromatic nitrogens is 1. The van der Waals surface area contributed by atoms with Gasteiger partial charge in [0, 0.05) is 23.8 Å². The Balaban J connectivity index is 1.15. The van der Waals surface area contributed by atoms with Crippen molar-refractivity contribution >= 4 is 10.8 Å². The Morgan fingerprint density at radius 2 is 1.94 bits per heavy atom. The van der Waals surface area contributed by atoms with E-state index >= 15 is 0 Å². The fourth-order valence-electron chi connectivity index (χ4n) is 9.67. The van der Waals surface area contributed by atoms with Crippen LogP contribution < -0.4 is 0 Å². The third-order valence-corrected chi connectivity index (χ3v) is 11.4.